The van der Waals surface area contributed by atoms with Gasteiger partial charge in [0.1, 0.15) is 6.04 Å². The molecule has 0 aromatic carbocycles. The molecule has 0 aliphatic heterocycles. The summed E-state index contributed by atoms with van der Waals surface area (Å²) in [5.41, 5.74) is 0.723. The van der Waals surface area contributed by atoms with Crippen LogP contribution in [0, 0.1) is 0 Å². The summed E-state index contributed by atoms with van der Waals surface area (Å²) < 4.78 is 27.4. The van der Waals surface area contributed by atoms with Gasteiger partial charge in [0, 0.05) is 31.4 Å². The number of nitrogens with one attached hydrogen (secondary N) is 3. The Morgan fingerprint density at radius 2 is 2.10 bits per heavy atom. The second-order valence-corrected chi connectivity index (χ2v) is 6.92. The minimum atomic E-state index is -3.37. The highest BCUT2D eigenvalue weighted by Crippen LogP contribution is 2.10. The fourth-order valence-corrected chi connectivity index (χ4v) is 3.07. The maximum Gasteiger partial charge on any atom is 0.241 e. The minimum Gasteiger partial charge on any atom is -0.353 e. The van der Waals surface area contributed by atoms with Gasteiger partial charge in [0.2, 0.25) is 15.9 Å². The van der Waals surface area contributed by atoms with Gasteiger partial charge < -0.3 is 10.6 Å². The first-order valence-electron chi connectivity index (χ1n) is 6.68. The van der Waals surface area contributed by atoms with Gasteiger partial charge in [-0.1, -0.05) is 0 Å². The van der Waals surface area contributed by atoms with Crippen molar-refractivity contribution in [1.29, 1.82) is 0 Å². The van der Waals surface area contributed by atoms with E-state index in [2.05, 4.69) is 20.5 Å². The third kappa shape index (κ3) is 5.82. The van der Waals surface area contributed by atoms with Gasteiger partial charge in [0.25, 0.3) is 0 Å². The molecule has 0 aliphatic carbocycles. The highest BCUT2D eigenvalue weighted by atomic mass is 32.2. The summed E-state index contributed by atoms with van der Waals surface area (Å²) in [4.78, 5) is 12.1. The molecule has 8 nitrogen and oxygen atoms in total. The summed E-state index contributed by atoms with van der Waals surface area (Å²) in [6, 6.07) is -0.717. The van der Waals surface area contributed by atoms with Crippen molar-refractivity contribution >= 4 is 15.9 Å². The van der Waals surface area contributed by atoms with E-state index in [-0.39, 0.29) is 24.2 Å². The van der Waals surface area contributed by atoms with Gasteiger partial charge in [0.05, 0.1) is 11.9 Å². The van der Waals surface area contributed by atoms with Crippen molar-refractivity contribution in [3.05, 3.63) is 18.0 Å². The van der Waals surface area contributed by atoms with Gasteiger partial charge in [-0.15, -0.1) is 0 Å². The molecule has 0 aliphatic rings. The Balaban J connectivity index is 2.53. The zero-order valence-electron chi connectivity index (χ0n) is 12.8. The molecule has 0 radical (unpaired) electrons. The molecule has 1 rings (SSSR count). The van der Waals surface area contributed by atoms with E-state index in [0.717, 1.165) is 5.56 Å². The van der Waals surface area contributed by atoms with Gasteiger partial charge in [-0.2, -0.15) is 5.10 Å². The number of likely N-dealkylation sites (N-methyl/N-ethyl adjacent to an activating group) is 1. The molecule has 1 heterocycles. The van der Waals surface area contributed by atoms with Crippen molar-refractivity contribution in [3.63, 3.8) is 0 Å². The third-order valence-electron chi connectivity index (χ3n) is 2.69. The quantitative estimate of drug-likeness (QED) is 0.578. The van der Waals surface area contributed by atoms with Crippen molar-refractivity contribution in [2.45, 2.75) is 25.9 Å². The van der Waals surface area contributed by atoms with Crippen molar-refractivity contribution < 1.29 is 13.2 Å². The second-order valence-electron chi connectivity index (χ2n) is 5.05. The molecule has 0 saturated heterocycles. The van der Waals surface area contributed by atoms with E-state index in [1.165, 1.54) is 0 Å². The Bertz CT molecular complexity index is 567. The summed E-state index contributed by atoms with van der Waals surface area (Å²) in [6.07, 6.45) is 3.33. The number of nitrogens with zero attached hydrogens (tertiary/aromatic N) is 2. The average molecular weight is 317 g/mol. The molecule has 1 aromatic heterocycles. The first-order chi connectivity index (χ1) is 9.75. The fourth-order valence-electron chi connectivity index (χ4n) is 1.87. The van der Waals surface area contributed by atoms with Crippen LogP contribution < -0.4 is 15.4 Å². The van der Waals surface area contributed by atoms with E-state index in [4.69, 9.17) is 0 Å². The van der Waals surface area contributed by atoms with E-state index >= 15 is 0 Å². The van der Waals surface area contributed by atoms with Crippen LogP contribution in [0.5, 0.6) is 0 Å². The monoisotopic (exact) mass is 317 g/mol. The number of hydrogen-bond donors (Lipinski definition) is 3. The molecule has 0 bridgehead atoms. The fraction of sp³-hybridized carbons (Fsp3) is 0.667. The number of carbonyl (C=O) groups is 1. The van der Waals surface area contributed by atoms with Crippen LogP contribution in [-0.4, -0.2) is 49.5 Å². The largest absolute Gasteiger partial charge is 0.353 e. The van der Waals surface area contributed by atoms with E-state index in [1.54, 1.807) is 45.0 Å². The molecule has 9 heteroatoms. The van der Waals surface area contributed by atoms with Crippen LogP contribution in [0.2, 0.25) is 0 Å². The number of carbonyl (C=O) groups excluding carboxylic acids is 1. The summed E-state index contributed by atoms with van der Waals surface area (Å²) in [5.74, 6) is -0.439. The van der Waals surface area contributed by atoms with E-state index in [1.807, 2.05) is 0 Å². The Morgan fingerprint density at radius 3 is 2.57 bits per heavy atom. The van der Waals surface area contributed by atoms with Gasteiger partial charge in [0.15, 0.2) is 0 Å². The molecule has 0 saturated carbocycles. The number of hydrogen-bond acceptors (Lipinski definition) is 5. The molecular weight excluding hydrogens is 294 g/mol. The standard InChI is InChI=1S/C12H23N5O3S/c1-9(2)16-21(19,20)6-5-14-12(18)11(13-3)10-7-15-17(4)8-10/h7-9,11,13,16H,5-6H2,1-4H3,(H,14,18). The summed E-state index contributed by atoms with van der Waals surface area (Å²) >= 11 is 0. The number of rotatable bonds is 8. The summed E-state index contributed by atoms with van der Waals surface area (Å²) in [7, 11) is 0.0522. The van der Waals surface area contributed by atoms with Crippen LogP contribution in [0.1, 0.15) is 25.5 Å². The highest BCUT2D eigenvalue weighted by Gasteiger charge is 2.20. The molecule has 3 N–H and O–H groups in total. The normalized spacial score (nSPS) is 13.4. The lowest BCUT2D eigenvalue weighted by Gasteiger charge is -2.15. The highest BCUT2D eigenvalue weighted by molar-refractivity contribution is 7.89. The van der Waals surface area contributed by atoms with Crippen molar-refractivity contribution in [3.8, 4) is 0 Å². The third-order valence-corrected chi connectivity index (χ3v) is 4.27. The Hall–Kier alpha value is -1.45. The van der Waals surface area contributed by atoms with Crippen molar-refractivity contribution in [2.75, 3.05) is 19.3 Å². The Labute approximate surface area is 125 Å². The number of aryl methyl sites for hydroxylation is 1. The Morgan fingerprint density at radius 1 is 1.43 bits per heavy atom. The molecule has 120 valence electrons. The maximum absolute atomic E-state index is 12.1. The van der Waals surface area contributed by atoms with Crippen molar-refractivity contribution in [1.82, 2.24) is 25.1 Å². The second kappa shape index (κ2) is 7.53. The van der Waals surface area contributed by atoms with Crippen LogP contribution in [0.3, 0.4) is 0 Å². The molecule has 1 unspecified atom stereocenters. The SMILES string of the molecule is CNC(C(=O)NCCS(=O)(=O)NC(C)C)c1cnn(C)c1. The topological polar surface area (TPSA) is 105 Å². The van der Waals surface area contributed by atoms with Gasteiger partial charge in [-0.05, 0) is 20.9 Å². The van der Waals surface area contributed by atoms with E-state index in [0.29, 0.717) is 0 Å². The molecule has 0 spiro atoms. The molecular formula is C12H23N5O3S. The average Bonchev–Trinajstić information content (AvgIpc) is 2.74. The number of amides is 1. The smallest absolute Gasteiger partial charge is 0.241 e. The van der Waals surface area contributed by atoms with Gasteiger partial charge in [-0.3, -0.25) is 9.48 Å². The van der Waals surface area contributed by atoms with Crippen LogP contribution in [0.4, 0.5) is 0 Å². The van der Waals surface area contributed by atoms with Crippen LogP contribution in [0.25, 0.3) is 0 Å². The zero-order chi connectivity index (χ0) is 16.0. The predicted octanol–water partition coefficient (Wildman–Crippen LogP) is -0.875. The molecule has 0 fully saturated rings. The lowest BCUT2D eigenvalue weighted by molar-refractivity contribution is -0.123. The van der Waals surface area contributed by atoms with Crippen LogP contribution >= 0.6 is 0 Å². The van der Waals surface area contributed by atoms with Gasteiger partial charge >= 0.3 is 0 Å². The van der Waals surface area contributed by atoms with Crippen LogP contribution in [0.15, 0.2) is 12.4 Å². The maximum atomic E-state index is 12.1. The zero-order valence-corrected chi connectivity index (χ0v) is 13.6. The Kier molecular flexibility index (Phi) is 6.31. The van der Waals surface area contributed by atoms with Gasteiger partial charge in [-0.25, -0.2) is 13.1 Å². The summed E-state index contributed by atoms with van der Waals surface area (Å²) in [6.45, 7) is 3.55. The molecule has 1 atom stereocenters. The molecule has 21 heavy (non-hydrogen) atoms. The molecule has 1 amide bonds. The summed E-state index contributed by atoms with van der Waals surface area (Å²) in [5, 5.41) is 9.50. The van der Waals surface area contributed by atoms with Crippen LogP contribution in [-0.2, 0) is 21.9 Å². The van der Waals surface area contributed by atoms with Crippen molar-refractivity contribution in [2.24, 2.45) is 7.05 Å². The predicted molar refractivity (Wildman–Crippen MR) is 80.1 cm³/mol. The first-order valence-corrected chi connectivity index (χ1v) is 8.34. The lowest BCUT2D eigenvalue weighted by Crippen LogP contribution is -2.40. The molecule has 1 aromatic rings. The van der Waals surface area contributed by atoms with E-state index < -0.39 is 16.1 Å². The van der Waals surface area contributed by atoms with E-state index in [9.17, 15) is 13.2 Å². The number of aromatic nitrogens is 2. The first kappa shape index (κ1) is 17.6. The minimum absolute atomic E-state index is 0.0549. The lowest BCUT2D eigenvalue weighted by atomic mass is 10.1. The number of sulfonamides is 1.